The summed E-state index contributed by atoms with van der Waals surface area (Å²) >= 11 is 0. The number of carbonyl (C=O) groups excluding carboxylic acids is 2. The Bertz CT molecular complexity index is 1670. The van der Waals surface area contributed by atoms with Crippen LogP contribution in [0.4, 0.5) is 15.9 Å². The van der Waals surface area contributed by atoms with Crippen LogP contribution in [0.1, 0.15) is 23.0 Å². The molecule has 0 spiro atoms. The highest BCUT2D eigenvalue weighted by Gasteiger charge is 2.27. The first kappa shape index (κ1) is 26.0. The van der Waals surface area contributed by atoms with Crippen LogP contribution in [0, 0.1) is 5.82 Å². The Morgan fingerprint density at radius 2 is 1.93 bits per heavy atom. The standard InChI is InChI=1S/C28H27FN8O4/c1-17(33-27(38)19-2-4-22-24(13-19)32-16-31-22)28(39)37-9-7-36(8-10-37)25-5-3-18(12-21(25)29)23-14-20(41-34-23)15-30-26-6-11-40-35-26/h2-6,11-14,16-17H,7-10,15H2,1H3,(H,30,35)(H,31,32)(H,33,38)/t17-/m1/s1. The van der Waals surface area contributed by atoms with E-state index in [1.165, 1.54) is 12.3 Å². The number of hydrogen-bond donors (Lipinski definition) is 3. The lowest BCUT2D eigenvalue weighted by atomic mass is 10.1. The maximum atomic E-state index is 15.2. The van der Waals surface area contributed by atoms with E-state index in [0.29, 0.717) is 66.8 Å². The molecule has 3 aromatic heterocycles. The van der Waals surface area contributed by atoms with Gasteiger partial charge >= 0.3 is 0 Å². The normalized spacial score (nSPS) is 14.3. The molecule has 13 heteroatoms. The van der Waals surface area contributed by atoms with Crippen molar-refractivity contribution >= 4 is 34.4 Å². The molecule has 3 N–H and O–H groups in total. The van der Waals surface area contributed by atoms with Crippen LogP contribution < -0.4 is 15.5 Å². The highest BCUT2D eigenvalue weighted by molar-refractivity contribution is 5.99. The van der Waals surface area contributed by atoms with Crippen molar-refractivity contribution in [2.75, 3.05) is 36.4 Å². The van der Waals surface area contributed by atoms with Gasteiger partial charge in [-0.05, 0) is 37.3 Å². The SMILES string of the molecule is C[C@@H](NC(=O)c1ccc2nc[nH]c2c1)C(=O)N1CCN(c2ccc(-c3cc(CNc4ccon4)on3)cc2F)CC1. The van der Waals surface area contributed by atoms with Crippen LogP contribution in [0.2, 0.25) is 0 Å². The fourth-order valence-corrected chi connectivity index (χ4v) is 4.80. The van der Waals surface area contributed by atoms with Gasteiger partial charge in [0.05, 0.1) is 29.6 Å². The van der Waals surface area contributed by atoms with E-state index in [4.69, 9.17) is 9.05 Å². The van der Waals surface area contributed by atoms with Crippen LogP contribution in [0.5, 0.6) is 0 Å². The molecule has 210 valence electrons. The zero-order valence-corrected chi connectivity index (χ0v) is 22.1. The lowest BCUT2D eigenvalue weighted by molar-refractivity contribution is -0.133. The molecule has 0 bridgehead atoms. The molecule has 1 saturated heterocycles. The van der Waals surface area contributed by atoms with Gasteiger partial charge in [0.1, 0.15) is 23.8 Å². The summed E-state index contributed by atoms with van der Waals surface area (Å²) in [6.07, 6.45) is 3.02. The summed E-state index contributed by atoms with van der Waals surface area (Å²) in [4.78, 5) is 36.5. The Balaban J connectivity index is 1.02. The second kappa shape index (κ2) is 11.1. The van der Waals surface area contributed by atoms with Crippen molar-refractivity contribution < 1.29 is 23.0 Å². The number of nitrogens with one attached hydrogen (secondary N) is 3. The van der Waals surface area contributed by atoms with Crippen LogP contribution in [0.3, 0.4) is 0 Å². The molecule has 1 aliphatic rings. The number of H-pyrrole nitrogens is 1. The van der Waals surface area contributed by atoms with Crippen molar-refractivity contribution in [3.05, 3.63) is 78.3 Å². The van der Waals surface area contributed by atoms with Crippen LogP contribution in [0.15, 0.2) is 70.2 Å². The molecular weight excluding hydrogens is 531 g/mol. The Labute approximate surface area is 233 Å². The highest BCUT2D eigenvalue weighted by atomic mass is 19.1. The van der Waals surface area contributed by atoms with Gasteiger partial charge in [-0.1, -0.05) is 16.4 Å². The number of rotatable bonds is 8. The highest BCUT2D eigenvalue weighted by Crippen LogP contribution is 2.27. The summed E-state index contributed by atoms with van der Waals surface area (Å²) in [7, 11) is 0. The Morgan fingerprint density at radius 1 is 1.07 bits per heavy atom. The number of hydrogen-bond acceptors (Lipinski definition) is 9. The number of fused-ring (bicyclic) bond motifs is 1. The molecule has 0 unspecified atom stereocenters. The topological polar surface area (TPSA) is 145 Å². The lowest BCUT2D eigenvalue weighted by Gasteiger charge is -2.37. The minimum Gasteiger partial charge on any atom is -0.366 e. The van der Waals surface area contributed by atoms with Gasteiger partial charge in [0, 0.05) is 49.4 Å². The molecule has 0 aliphatic carbocycles. The number of anilines is 2. The van der Waals surface area contributed by atoms with E-state index < -0.39 is 6.04 Å². The molecule has 0 radical (unpaired) electrons. The van der Waals surface area contributed by atoms with Crippen molar-refractivity contribution in [3.63, 3.8) is 0 Å². The second-order valence-corrected chi connectivity index (χ2v) is 9.72. The first-order valence-electron chi connectivity index (χ1n) is 13.1. The summed E-state index contributed by atoms with van der Waals surface area (Å²) in [5.74, 6) is 0.229. The molecule has 0 saturated carbocycles. The maximum Gasteiger partial charge on any atom is 0.251 e. The maximum absolute atomic E-state index is 15.2. The summed E-state index contributed by atoms with van der Waals surface area (Å²) < 4.78 is 25.3. The average Bonchev–Trinajstić information content (AvgIpc) is 3.77. The first-order valence-corrected chi connectivity index (χ1v) is 13.1. The Kier molecular flexibility index (Phi) is 7.06. The molecule has 2 amide bonds. The minimum absolute atomic E-state index is 0.184. The predicted octanol–water partition coefficient (Wildman–Crippen LogP) is 3.42. The van der Waals surface area contributed by atoms with Crippen LogP contribution in [0.25, 0.3) is 22.3 Å². The summed E-state index contributed by atoms with van der Waals surface area (Å²) in [5, 5.41) is 13.6. The molecule has 4 heterocycles. The van der Waals surface area contributed by atoms with Gasteiger partial charge in [0.15, 0.2) is 11.6 Å². The van der Waals surface area contributed by atoms with Crippen molar-refractivity contribution in [1.82, 2.24) is 30.5 Å². The number of halogens is 1. The summed E-state index contributed by atoms with van der Waals surface area (Å²) in [5.41, 5.74) is 3.50. The number of piperazine rings is 1. The van der Waals surface area contributed by atoms with Gasteiger partial charge in [-0.25, -0.2) is 9.37 Å². The molecular formula is C28H27FN8O4. The quantitative estimate of drug-likeness (QED) is 0.261. The molecule has 1 atom stereocenters. The monoisotopic (exact) mass is 558 g/mol. The fourth-order valence-electron chi connectivity index (χ4n) is 4.80. The molecule has 2 aromatic carbocycles. The third-order valence-electron chi connectivity index (χ3n) is 7.02. The second-order valence-electron chi connectivity index (χ2n) is 9.72. The fraction of sp³-hybridized carbons (Fsp3) is 0.250. The zero-order chi connectivity index (χ0) is 28.3. The largest absolute Gasteiger partial charge is 0.366 e. The number of benzene rings is 2. The Morgan fingerprint density at radius 3 is 2.71 bits per heavy atom. The van der Waals surface area contributed by atoms with Crippen molar-refractivity contribution in [2.45, 2.75) is 19.5 Å². The first-order chi connectivity index (χ1) is 19.9. The van der Waals surface area contributed by atoms with Gasteiger partial charge in [0.2, 0.25) is 5.91 Å². The van der Waals surface area contributed by atoms with E-state index in [1.807, 2.05) is 4.90 Å². The zero-order valence-electron chi connectivity index (χ0n) is 22.1. The lowest BCUT2D eigenvalue weighted by Crippen LogP contribution is -2.54. The number of carbonyl (C=O) groups is 2. The van der Waals surface area contributed by atoms with E-state index in [1.54, 1.807) is 60.6 Å². The molecule has 12 nitrogen and oxygen atoms in total. The van der Waals surface area contributed by atoms with E-state index in [-0.39, 0.29) is 17.6 Å². The predicted molar refractivity (Wildman–Crippen MR) is 148 cm³/mol. The van der Waals surface area contributed by atoms with E-state index in [0.717, 1.165) is 11.0 Å². The van der Waals surface area contributed by atoms with Gasteiger partial charge in [-0.2, -0.15) is 0 Å². The minimum atomic E-state index is -0.707. The van der Waals surface area contributed by atoms with Gasteiger partial charge in [-0.15, -0.1) is 0 Å². The molecule has 6 rings (SSSR count). The number of nitrogens with zero attached hydrogens (tertiary/aromatic N) is 5. The third kappa shape index (κ3) is 5.60. The molecule has 1 aliphatic heterocycles. The van der Waals surface area contributed by atoms with Crippen molar-refractivity contribution in [3.8, 4) is 11.3 Å². The summed E-state index contributed by atoms with van der Waals surface area (Å²) in [6.45, 7) is 3.75. The third-order valence-corrected chi connectivity index (χ3v) is 7.02. The van der Waals surface area contributed by atoms with Crippen LogP contribution in [-0.4, -0.2) is 69.2 Å². The number of imidazole rings is 1. The van der Waals surface area contributed by atoms with E-state index in [2.05, 4.69) is 30.9 Å². The van der Waals surface area contributed by atoms with Gasteiger partial charge < -0.3 is 34.5 Å². The van der Waals surface area contributed by atoms with Gasteiger partial charge in [0.25, 0.3) is 5.91 Å². The molecule has 1 fully saturated rings. The van der Waals surface area contributed by atoms with Crippen LogP contribution in [-0.2, 0) is 11.3 Å². The molecule has 5 aromatic rings. The van der Waals surface area contributed by atoms with Gasteiger partial charge in [-0.3, -0.25) is 9.59 Å². The number of amides is 2. The van der Waals surface area contributed by atoms with E-state index >= 15 is 4.39 Å². The smallest absolute Gasteiger partial charge is 0.251 e. The Hall–Kier alpha value is -5.20. The van der Waals surface area contributed by atoms with Crippen molar-refractivity contribution in [2.24, 2.45) is 0 Å². The van der Waals surface area contributed by atoms with Crippen LogP contribution >= 0.6 is 0 Å². The summed E-state index contributed by atoms with van der Waals surface area (Å²) in [6, 6.07) is 12.8. The average molecular weight is 559 g/mol. The molecule has 41 heavy (non-hydrogen) atoms. The van der Waals surface area contributed by atoms with Crippen molar-refractivity contribution in [1.29, 1.82) is 0 Å². The van der Waals surface area contributed by atoms with E-state index in [9.17, 15) is 9.59 Å². The number of aromatic nitrogens is 4. The number of aromatic amines is 1.